The molecular weight excluding hydrogens is 326 g/mol. The molecule has 1 aromatic rings. The smallest absolute Gasteiger partial charge is 0.224 e. The van der Waals surface area contributed by atoms with Gasteiger partial charge in [-0.1, -0.05) is 30.3 Å². The van der Waals surface area contributed by atoms with Crippen molar-refractivity contribution < 1.29 is 9.90 Å². The van der Waals surface area contributed by atoms with Crippen molar-refractivity contribution in [2.45, 2.75) is 38.1 Å². The summed E-state index contributed by atoms with van der Waals surface area (Å²) in [6.45, 7) is 5.92. The van der Waals surface area contributed by atoms with E-state index >= 15 is 0 Å². The normalized spacial score (nSPS) is 23.0. The number of likely N-dealkylation sites (tertiary alicyclic amines) is 2. The SMILES string of the molecule is O=C(NCCc1ccccc1)[C@H]1CCCN(C2CCN(CCO)CC2)C1. The second kappa shape index (κ2) is 10.0. The Kier molecular flexibility index (Phi) is 7.47. The zero-order chi connectivity index (χ0) is 18.2. The van der Waals surface area contributed by atoms with Gasteiger partial charge in [-0.25, -0.2) is 0 Å². The fraction of sp³-hybridized carbons (Fsp3) is 0.667. The first-order valence-corrected chi connectivity index (χ1v) is 10.1. The molecule has 3 rings (SSSR count). The lowest BCUT2D eigenvalue weighted by atomic mass is 9.93. The summed E-state index contributed by atoms with van der Waals surface area (Å²) < 4.78 is 0. The van der Waals surface area contributed by atoms with Gasteiger partial charge in [-0.3, -0.25) is 9.69 Å². The number of nitrogens with one attached hydrogen (secondary N) is 1. The van der Waals surface area contributed by atoms with Crippen LogP contribution in [0.3, 0.4) is 0 Å². The Hall–Kier alpha value is -1.43. The Balaban J connectivity index is 1.41. The molecule has 2 fully saturated rings. The zero-order valence-electron chi connectivity index (χ0n) is 15.8. The Labute approximate surface area is 157 Å². The van der Waals surface area contributed by atoms with Crippen LogP contribution in [0.2, 0.25) is 0 Å². The van der Waals surface area contributed by atoms with Gasteiger partial charge in [-0.05, 0) is 57.3 Å². The highest BCUT2D eigenvalue weighted by molar-refractivity contribution is 5.79. The van der Waals surface area contributed by atoms with Crippen molar-refractivity contribution in [3.63, 3.8) is 0 Å². The number of aliphatic hydroxyl groups is 1. The van der Waals surface area contributed by atoms with E-state index in [9.17, 15) is 4.79 Å². The van der Waals surface area contributed by atoms with Gasteiger partial charge < -0.3 is 15.3 Å². The number of amides is 1. The summed E-state index contributed by atoms with van der Waals surface area (Å²) in [5, 5.41) is 12.2. The molecular formula is C21H33N3O2. The molecule has 2 saturated heterocycles. The highest BCUT2D eigenvalue weighted by atomic mass is 16.3. The van der Waals surface area contributed by atoms with Gasteiger partial charge in [0.1, 0.15) is 0 Å². The van der Waals surface area contributed by atoms with Gasteiger partial charge in [0.05, 0.1) is 12.5 Å². The molecule has 2 aliphatic rings. The van der Waals surface area contributed by atoms with Gasteiger partial charge in [-0.2, -0.15) is 0 Å². The Morgan fingerprint density at radius 1 is 1.12 bits per heavy atom. The molecule has 0 bridgehead atoms. The third kappa shape index (κ3) is 5.53. The molecule has 1 atom stereocenters. The minimum Gasteiger partial charge on any atom is -0.395 e. The molecule has 26 heavy (non-hydrogen) atoms. The number of piperidine rings is 2. The molecule has 2 heterocycles. The summed E-state index contributed by atoms with van der Waals surface area (Å²) in [6, 6.07) is 10.9. The lowest BCUT2D eigenvalue weighted by molar-refractivity contribution is -0.127. The molecule has 0 aromatic heterocycles. The van der Waals surface area contributed by atoms with Crippen molar-refractivity contribution in [2.75, 3.05) is 45.9 Å². The second-order valence-corrected chi connectivity index (χ2v) is 7.66. The van der Waals surface area contributed by atoms with E-state index in [1.54, 1.807) is 0 Å². The summed E-state index contributed by atoms with van der Waals surface area (Å²) in [7, 11) is 0. The number of hydrogen-bond donors (Lipinski definition) is 2. The standard InChI is InChI=1S/C21H33N3O2/c25-16-15-23-13-9-20(10-14-23)24-12-4-7-19(17-24)21(26)22-11-8-18-5-2-1-3-6-18/h1-3,5-6,19-20,25H,4,7-17H2,(H,22,26)/t19-/m0/s1. The molecule has 0 spiro atoms. The third-order valence-corrected chi connectivity index (χ3v) is 5.87. The molecule has 144 valence electrons. The van der Waals surface area contributed by atoms with E-state index < -0.39 is 0 Å². The van der Waals surface area contributed by atoms with Crippen molar-refractivity contribution in [1.29, 1.82) is 0 Å². The van der Waals surface area contributed by atoms with Crippen LogP contribution >= 0.6 is 0 Å². The van der Waals surface area contributed by atoms with Crippen LogP contribution in [0, 0.1) is 5.92 Å². The van der Waals surface area contributed by atoms with E-state index in [2.05, 4.69) is 27.2 Å². The number of carbonyl (C=O) groups excluding carboxylic acids is 1. The minimum absolute atomic E-state index is 0.134. The van der Waals surface area contributed by atoms with E-state index in [1.165, 1.54) is 5.56 Å². The topological polar surface area (TPSA) is 55.8 Å². The van der Waals surface area contributed by atoms with Gasteiger partial charge in [0.2, 0.25) is 5.91 Å². The van der Waals surface area contributed by atoms with Crippen molar-refractivity contribution in [3.8, 4) is 0 Å². The van der Waals surface area contributed by atoms with Gasteiger partial charge >= 0.3 is 0 Å². The van der Waals surface area contributed by atoms with Gasteiger partial charge in [0.25, 0.3) is 0 Å². The molecule has 0 aliphatic carbocycles. The molecule has 2 N–H and O–H groups in total. The lowest BCUT2D eigenvalue weighted by Gasteiger charge is -2.42. The summed E-state index contributed by atoms with van der Waals surface area (Å²) in [6.07, 6.45) is 5.33. The number of nitrogens with zero attached hydrogens (tertiary/aromatic N) is 2. The summed E-state index contributed by atoms with van der Waals surface area (Å²) >= 11 is 0. The quantitative estimate of drug-likeness (QED) is 0.775. The first-order valence-electron chi connectivity index (χ1n) is 10.1. The van der Waals surface area contributed by atoms with Crippen molar-refractivity contribution >= 4 is 5.91 Å². The molecule has 0 saturated carbocycles. The van der Waals surface area contributed by atoms with Crippen molar-refractivity contribution in [1.82, 2.24) is 15.1 Å². The number of benzene rings is 1. The maximum absolute atomic E-state index is 12.6. The number of β-amino-alcohol motifs (C(OH)–C–C–N with tert-alkyl or cyclic N) is 1. The average molecular weight is 360 g/mol. The molecule has 5 nitrogen and oxygen atoms in total. The Morgan fingerprint density at radius 2 is 1.88 bits per heavy atom. The van der Waals surface area contributed by atoms with Crippen LogP contribution < -0.4 is 5.32 Å². The fourth-order valence-corrected chi connectivity index (χ4v) is 4.32. The maximum atomic E-state index is 12.6. The summed E-state index contributed by atoms with van der Waals surface area (Å²) in [5.74, 6) is 0.360. The summed E-state index contributed by atoms with van der Waals surface area (Å²) in [5.41, 5.74) is 1.27. The van der Waals surface area contributed by atoms with Crippen LogP contribution in [-0.2, 0) is 11.2 Å². The molecule has 1 aromatic carbocycles. The Bertz CT molecular complexity index is 543. The third-order valence-electron chi connectivity index (χ3n) is 5.87. The molecule has 2 aliphatic heterocycles. The minimum atomic E-state index is 0.134. The summed E-state index contributed by atoms with van der Waals surface area (Å²) in [4.78, 5) is 17.5. The molecule has 0 unspecified atom stereocenters. The second-order valence-electron chi connectivity index (χ2n) is 7.66. The van der Waals surface area contributed by atoms with Crippen LogP contribution in [0.4, 0.5) is 0 Å². The molecule has 0 radical (unpaired) electrons. The molecule has 5 heteroatoms. The predicted octanol–water partition coefficient (Wildman–Crippen LogP) is 1.51. The maximum Gasteiger partial charge on any atom is 0.224 e. The lowest BCUT2D eigenvalue weighted by Crippen LogP contribution is -2.51. The number of rotatable bonds is 7. The van der Waals surface area contributed by atoms with Gasteiger partial charge in [0, 0.05) is 25.7 Å². The zero-order valence-corrected chi connectivity index (χ0v) is 15.8. The van der Waals surface area contributed by atoms with E-state index in [0.29, 0.717) is 6.04 Å². The fourth-order valence-electron chi connectivity index (χ4n) is 4.32. The monoisotopic (exact) mass is 359 g/mol. The van der Waals surface area contributed by atoms with Crippen LogP contribution in [0.1, 0.15) is 31.2 Å². The van der Waals surface area contributed by atoms with Crippen LogP contribution in [-0.4, -0.2) is 72.7 Å². The highest BCUT2D eigenvalue weighted by Gasteiger charge is 2.31. The van der Waals surface area contributed by atoms with Crippen LogP contribution in [0.5, 0.6) is 0 Å². The highest BCUT2D eigenvalue weighted by Crippen LogP contribution is 2.24. The molecule has 1 amide bonds. The Morgan fingerprint density at radius 3 is 2.62 bits per heavy atom. The van der Waals surface area contributed by atoms with Gasteiger partial charge in [0.15, 0.2) is 0 Å². The first-order chi connectivity index (χ1) is 12.8. The predicted molar refractivity (Wildman–Crippen MR) is 104 cm³/mol. The van der Waals surface area contributed by atoms with E-state index in [-0.39, 0.29) is 18.4 Å². The average Bonchev–Trinajstić information content (AvgIpc) is 2.70. The first kappa shape index (κ1) is 19.3. The number of hydrogen-bond acceptors (Lipinski definition) is 4. The van der Waals surface area contributed by atoms with Crippen molar-refractivity contribution in [2.24, 2.45) is 5.92 Å². The van der Waals surface area contributed by atoms with Crippen LogP contribution in [0.15, 0.2) is 30.3 Å². The van der Waals surface area contributed by atoms with E-state index in [4.69, 9.17) is 5.11 Å². The van der Waals surface area contributed by atoms with E-state index in [1.807, 2.05) is 18.2 Å². The van der Waals surface area contributed by atoms with Crippen LogP contribution in [0.25, 0.3) is 0 Å². The largest absolute Gasteiger partial charge is 0.395 e. The number of aliphatic hydroxyl groups excluding tert-OH is 1. The van der Waals surface area contributed by atoms with E-state index in [0.717, 1.165) is 71.4 Å². The van der Waals surface area contributed by atoms with Gasteiger partial charge in [-0.15, -0.1) is 0 Å². The number of carbonyl (C=O) groups is 1. The van der Waals surface area contributed by atoms with Crippen molar-refractivity contribution in [3.05, 3.63) is 35.9 Å².